The molecule has 0 radical (unpaired) electrons. The number of anilines is 1. The molecule has 0 bridgehead atoms. The maximum atomic E-state index is 12.3. The number of aryl methyl sites for hydroxylation is 1. The summed E-state index contributed by atoms with van der Waals surface area (Å²) >= 11 is 0. The molecule has 1 heterocycles. The molecule has 108 valence electrons. The zero-order valence-electron chi connectivity index (χ0n) is 12.3. The van der Waals surface area contributed by atoms with Gasteiger partial charge in [0.15, 0.2) is 0 Å². The van der Waals surface area contributed by atoms with E-state index < -0.39 is 5.60 Å². The van der Waals surface area contributed by atoms with E-state index in [0.717, 1.165) is 29.5 Å². The SMILES string of the molecule is CC(C)(C)OC(=O)N1CCc2cccc(CCC=O)c21. The Morgan fingerprint density at radius 1 is 1.40 bits per heavy atom. The van der Waals surface area contributed by atoms with Crippen molar-refractivity contribution in [2.45, 2.75) is 45.6 Å². The molecule has 0 fully saturated rings. The fraction of sp³-hybridized carbons (Fsp3) is 0.500. The van der Waals surface area contributed by atoms with Crippen molar-refractivity contribution in [2.75, 3.05) is 11.4 Å². The number of carbonyl (C=O) groups is 2. The van der Waals surface area contributed by atoms with Gasteiger partial charge in [-0.25, -0.2) is 4.79 Å². The molecule has 1 aromatic rings. The normalized spacial score (nSPS) is 14.1. The second kappa shape index (κ2) is 5.65. The van der Waals surface area contributed by atoms with Crippen LogP contribution in [0.1, 0.15) is 38.3 Å². The standard InChI is InChI=1S/C16H21NO3/c1-16(2,3)20-15(19)17-10-9-13-7-4-6-12(14(13)17)8-5-11-18/h4,6-7,11H,5,8-10H2,1-3H3. The van der Waals surface area contributed by atoms with Crippen LogP contribution in [-0.2, 0) is 22.4 Å². The molecule has 0 atom stereocenters. The maximum absolute atomic E-state index is 12.3. The molecule has 0 aromatic heterocycles. The van der Waals surface area contributed by atoms with E-state index in [9.17, 15) is 9.59 Å². The van der Waals surface area contributed by atoms with E-state index in [1.807, 2.05) is 39.0 Å². The van der Waals surface area contributed by atoms with Crippen LogP contribution in [-0.4, -0.2) is 24.5 Å². The third-order valence-electron chi connectivity index (χ3n) is 3.22. The summed E-state index contributed by atoms with van der Waals surface area (Å²) in [5.41, 5.74) is 2.62. The minimum Gasteiger partial charge on any atom is -0.443 e. The number of rotatable bonds is 3. The van der Waals surface area contributed by atoms with Gasteiger partial charge in [0, 0.05) is 13.0 Å². The summed E-state index contributed by atoms with van der Waals surface area (Å²) in [4.78, 5) is 24.6. The lowest BCUT2D eigenvalue weighted by molar-refractivity contribution is -0.107. The van der Waals surface area contributed by atoms with Crippen molar-refractivity contribution in [3.8, 4) is 0 Å². The molecule has 2 rings (SSSR count). The fourth-order valence-electron chi connectivity index (χ4n) is 2.45. The Morgan fingerprint density at radius 2 is 2.15 bits per heavy atom. The number of para-hydroxylation sites is 1. The minimum absolute atomic E-state index is 0.310. The summed E-state index contributed by atoms with van der Waals surface area (Å²) in [7, 11) is 0. The molecule has 1 aliphatic rings. The van der Waals surface area contributed by atoms with E-state index in [0.29, 0.717) is 19.4 Å². The second-order valence-electron chi connectivity index (χ2n) is 6.01. The molecule has 0 saturated carbocycles. The van der Waals surface area contributed by atoms with Crippen molar-refractivity contribution >= 4 is 18.1 Å². The highest BCUT2D eigenvalue weighted by atomic mass is 16.6. The molecule has 4 nitrogen and oxygen atoms in total. The Balaban J connectivity index is 2.26. The second-order valence-corrected chi connectivity index (χ2v) is 6.01. The molecule has 0 spiro atoms. The van der Waals surface area contributed by atoms with Gasteiger partial charge in [0.1, 0.15) is 11.9 Å². The highest BCUT2D eigenvalue weighted by Crippen LogP contribution is 2.33. The van der Waals surface area contributed by atoms with E-state index in [4.69, 9.17) is 4.74 Å². The summed E-state index contributed by atoms with van der Waals surface area (Å²) < 4.78 is 5.46. The van der Waals surface area contributed by atoms with Gasteiger partial charge in [-0.2, -0.15) is 0 Å². The molecule has 0 unspecified atom stereocenters. The Labute approximate surface area is 119 Å². The van der Waals surface area contributed by atoms with Crippen LogP contribution in [0.3, 0.4) is 0 Å². The monoisotopic (exact) mass is 275 g/mol. The van der Waals surface area contributed by atoms with Gasteiger partial charge in [-0.05, 0) is 44.7 Å². The smallest absolute Gasteiger partial charge is 0.414 e. The van der Waals surface area contributed by atoms with Crippen molar-refractivity contribution in [3.05, 3.63) is 29.3 Å². The average molecular weight is 275 g/mol. The third kappa shape index (κ3) is 3.18. The molecule has 1 amide bonds. The van der Waals surface area contributed by atoms with Gasteiger partial charge in [-0.1, -0.05) is 18.2 Å². The Kier molecular flexibility index (Phi) is 4.12. The van der Waals surface area contributed by atoms with E-state index in [1.54, 1.807) is 4.90 Å². The summed E-state index contributed by atoms with van der Waals surface area (Å²) in [6, 6.07) is 5.99. The van der Waals surface area contributed by atoms with Crippen LogP contribution in [0.2, 0.25) is 0 Å². The third-order valence-corrected chi connectivity index (χ3v) is 3.22. The summed E-state index contributed by atoms with van der Waals surface area (Å²) in [6.45, 7) is 6.23. The van der Waals surface area contributed by atoms with E-state index >= 15 is 0 Å². The Bertz CT molecular complexity index is 517. The number of amides is 1. The van der Waals surface area contributed by atoms with E-state index in [2.05, 4.69) is 0 Å². The van der Waals surface area contributed by atoms with Gasteiger partial charge in [0.05, 0.1) is 5.69 Å². The topological polar surface area (TPSA) is 46.6 Å². The predicted molar refractivity (Wildman–Crippen MR) is 78.1 cm³/mol. The predicted octanol–water partition coefficient (Wildman–Crippen LogP) is 3.12. The van der Waals surface area contributed by atoms with Crippen molar-refractivity contribution in [3.63, 3.8) is 0 Å². The zero-order valence-corrected chi connectivity index (χ0v) is 12.3. The number of carbonyl (C=O) groups excluding carboxylic acids is 2. The van der Waals surface area contributed by atoms with Crippen molar-refractivity contribution in [2.24, 2.45) is 0 Å². The first-order chi connectivity index (χ1) is 9.42. The number of ether oxygens (including phenoxy) is 1. The quantitative estimate of drug-likeness (QED) is 0.796. The molecule has 0 saturated heterocycles. The highest BCUT2D eigenvalue weighted by Gasteiger charge is 2.30. The number of aldehydes is 1. The first kappa shape index (κ1) is 14.6. The highest BCUT2D eigenvalue weighted by molar-refractivity contribution is 5.91. The molecule has 0 aliphatic carbocycles. The van der Waals surface area contributed by atoms with Crippen molar-refractivity contribution in [1.82, 2.24) is 0 Å². The van der Waals surface area contributed by atoms with Crippen LogP contribution in [0.5, 0.6) is 0 Å². The Hall–Kier alpha value is -1.84. The molecular formula is C16H21NO3. The van der Waals surface area contributed by atoms with Crippen LogP contribution in [0.15, 0.2) is 18.2 Å². The van der Waals surface area contributed by atoms with Gasteiger partial charge in [-0.3, -0.25) is 4.90 Å². The molecule has 4 heteroatoms. The lowest BCUT2D eigenvalue weighted by Crippen LogP contribution is -2.36. The molecule has 20 heavy (non-hydrogen) atoms. The lowest BCUT2D eigenvalue weighted by atomic mass is 10.0. The average Bonchev–Trinajstić information content (AvgIpc) is 2.78. The largest absolute Gasteiger partial charge is 0.443 e. The first-order valence-electron chi connectivity index (χ1n) is 6.97. The molecule has 0 N–H and O–H groups in total. The van der Waals surface area contributed by atoms with Crippen LogP contribution in [0, 0.1) is 0 Å². The van der Waals surface area contributed by atoms with Gasteiger partial charge in [0.25, 0.3) is 0 Å². The van der Waals surface area contributed by atoms with Crippen LogP contribution >= 0.6 is 0 Å². The number of fused-ring (bicyclic) bond motifs is 1. The van der Waals surface area contributed by atoms with Gasteiger partial charge >= 0.3 is 6.09 Å². The lowest BCUT2D eigenvalue weighted by Gasteiger charge is -2.26. The first-order valence-corrected chi connectivity index (χ1v) is 6.97. The van der Waals surface area contributed by atoms with E-state index in [-0.39, 0.29) is 6.09 Å². The number of nitrogens with zero attached hydrogens (tertiary/aromatic N) is 1. The number of benzene rings is 1. The fourth-order valence-corrected chi connectivity index (χ4v) is 2.45. The van der Waals surface area contributed by atoms with Gasteiger partial charge in [0.2, 0.25) is 0 Å². The number of hydrogen-bond donors (Lipinski definition) is 0. The maximum Gasteiger partial charge on any atom is 0.414 e. The Morgan fingerprint density at radius 3 is 2.80 bits per heavy atom. The van der Waals surface area contributed by atoms with Crippen molar-refractivity contribution in [1.29, 1.82) is 0 Å². The van der Waals surface area contributed by atoms with Crippen LogP contribution in [0.25, 0.3) is 0 Å². The van der Waals surface area contributed by atoms with Crippen LogP contribution in [0.4, 0.5) is 10.5 Å². The minimum atomic E-state index is -0.502. The van der Waals surface area contributed by atoms with Gasteiger partial charge < -0.3 is 9.53 Å². The molecular weight excluding hydrogens is 254 g/mol. The number of hydrogen-bond acceptors (Lipinski definition) is 3. The van der Waals surface area contributed by atoms with Gasteiger partial charge in [-0.15, -0.1) is 0 Å². The summed E-state index contributed by atoms with van der Waals surface area (Å²) in [6.07, 6.45) is 2.56. The van der Waals surface area contributed by atoms with E-state index in [1.165, 1.54) is 0 Å². The van der Waals surface area contributed by atoms with Crippen LogP contribution < -0.4 is 4.90 Å². The van der Waals surface area contributed by atoms with Crippen molar-refractivity contribution < 1.29 is 14.3 Å². The summed E-state index contributed by atoms with van der Waals surface area (Å²) in [5.74, 6) is 0. The molecule has 1 aromatic carbocycles. The zero-order chi connectivity index (χ0) is 14.8. The summed E-state index contributed by atoms with van der Waals surface area (Å²) in [5, 5.41) is 0. The molecule has 1 aliphatic heterocycles.